The van der Waals surface area contributed by atoms with Gasteiger partial charge in [-0.15, -0.1) is 0 Å². The third-order valence-corrected chi connectivity index (χ3v) is 7.15. The summed E-state index contributed by atoms with van der Waals surface area (Å²) in [5.74, 6) is -6.08. The Balaban J connectivity index is 1.53. The first-order chi connectivity index (χ1) is 19.5. The number of carbonyl (C=O) groups is 2. The predicted octanol–water partition coefficient (Wildman–Crippen LogP) is 5.05. The van der Waals surface area contributed by atoms with Gasteiger partial charge < -0.3 is 20.8 Å². The molecule has 4 rings (SSSR count). The van der Waals surface area contributed by atoms with Gasteiger partial charge in [0.15, 0.2) is 5.78 Å². The molecule has 4 N–H and O–H groups in total. The molecule has 0 amide bonds. The van der Waals surface area contributed by atoms with Gasteiger partial charge in [0.2, 0.25) is 0 Å². The van der Waals surface area contributed by atoms with Gasteiger partial charge in [-0.3, -0.25) is 14.4 Å². The number of hydrogen-bond acceptors (Lipinski definition) is 6. The summed E-state index contributed by atoms with van der Waals surface area (Å²) in [5, 5.41) is 3.11. The van der Waals surface area contributed by atoms with Crippen LogP contribution in [-0.4, -0.2) is 35.4 Å². The maximum Gasteiger partial charge on any atom is 0.323 e. The van der Waals surface area contributed by atoms with E-state index in [-0.39, 0.29) is 36.5 Å². The predicted molar refractivity (Wildman–Crippen MR) is 145 cm³/mol. The number of rotatable bonds is 10. The van der Waals surface area contributed by atoms with Crippen molar-refractivity contribution in [2.24, 2.45) is 5.92 Å². The number of aromatic nitrogens is 1. The van der Waals surface area contributed by atoms with Gasteiger partial charge in [0, 0.05) is 6.07 Å². The Labute approximate surface area is 234 Å². The van der Waals surface area contributed by atoms with E-state index in [0.717, 1.165) is 56.0 Å². The molecule has 3 aromatic rings. The van der Waals surface area contributed by atoms with Crippen molar-refractivity contribution >= 4 is 17.6 Å². The Bertz CT molecular complexity index is 1490. The van der Waals surface area contributed by atoms with E-state index in [1.165, 1.54) is 0 Å². The molecule has 1 aromatic heterocycles. The lowest BCUT2D eigenvalue weighted by Gasteiger charge is -2.23. The van der Waals surface area contributed by atoms with Crippen LogP contribution in [0.3, 0.4) is 0 Å². The number of nitrogen functional groups attached to an aromatic ring is 1. The summed E-state index contributed by atoms with van der Waals surface area (Å²) in [4.78, 5) is 40.3. The van der Waals surface area contributed by atoms with Crippen LogP contribution in [0, 0.1) is 29.2 Å². The zero-order valence-corrected chi connectivity index (χ0v) is 22.7. The van der Waals surface area contributed by atoms with Gasteiger partial charge in [-0.1, -0.05) is 13.8 Å². The molecule has 2 aromatic carbocycles. The lowest BCUT2D eigenvalue weighted by atomic mass is 9.97. The monoisotopic (exact) mass is 573 g/mol. The molecular weight excluding hydrogens is 542 g/mol. The van der Waals surface area contributed by atoms with Gasteiger partial charge in [-0.05, 0) is 80.5 Å². The zero-order chi connectivity index (χ0) is 29.8. The first-order valence-corrected chi connectivity index (χ1v) is 13.4. The molecule has 11 heteroatoms. The quantitative estimate of drug-likeness (QED) is 0.178. The van der Waals surface area contributed by atoms with Crippen molar-refractivity contribution in [2.75, 3.05) is 12.3 Å². The summed E-state index contributed by atoms with van der Waals surface area (Å²) in [5.41, 5.74) is 2.87. The van der Waals surface area contributed by atoms with Crippen molar-refractivity contribution < 1.29 is 31.9 Å². The normalized spacial score (nSPS) is 14.4. The highest BCUT2D eigenvalue weighted by Crippen LogP contribution is 2.28. The second kappa shape index (κ2) is 12.7. The van der Waals surface area contributed by atoms with E-state index in [2.05, 4.69) is 10.3 Å². The maximum absolute atomic E-state index is 15.2. The Morgan fingerprint density at radius 2 is 1.66 bits per heavy atom. The minimum atomic E-state index is -1.16. The zero-order valence-electron chi connectivity index (χ0n) is 22.7. The molecule has 0 spiro atoms. The van der Waals surface area contributed by atoms with Gasteiger partial charge >= 0.3 is 5.97 Å². The number of anilines is 1. The molecule has 218 valence electrons. The molecule has 1 saturated carbocycles. The SMILES string of the molecule is CC(C)[C@H](NCCc1cc(F)c(-c2cc(C(=O)c3ccc(F)cc3F)c(N)[nH]c2=O)c(F)c1)C(=O)OC1CCCC1. The number of nitrogens with two attached hydrogens (primary N) is 1. The topological polar surface area (TPSA) is 114 Å². The molecule has 41 heavy (non-hydrogen) atoms. The van der Waals surface area contributed by atoms with Crippen molar-refractivity contribution in [3.05, 3.63) is 86.7 Å². The number of benzene rings is 2. The number of halogens is 4. The van der Waals surface area contributed by atoms with Gasteiger partial charge in [0.05, 0.1) is 22.3 Å². The van der Waals surface area contributed by atoms with E-state index >= 15 is 8.78 Å². The number of ether oxygens (including phenoxy) is 1. The van der Waals surface area contributed by atoms with Crippen LogP contribution in [0.5, 0.6) is 0 Å². The van der Waals surface area contributed by atoms with Crippen LogP contribution < -0.4 is 16.6 Å². The van der Waals surface area contributed by atoms with Crippen LogP contribution >= 0.6 is 0 Å². The number of pyridine rings is 1. The fourth-order valence-corrected chi connectivity index (χ4v) is 4.97. The first kappa shape index (κ1) is 30.0. The van der Waals surface area contributed by atoms with Gasteiger partial charge in [0.1, 0.15) is 41.2 Å². The summed E-state index contributed by atoms with van der Waals surface area (Å²) in [6.45, 7) is 3.97. The smallest absolute Gasteiger partial charge is 0.323 e. The number of ketones is 1. The second-order valence-electron chi connectivity index (χ2n) is 10.5. The molecule has 7 nitrogen and oxygen atoms in total. The highest BCUT2D eigenvalue weighted by Gasteiger charge is 2.28. The summed E-state index contributed by atoms with van der Waals surface area (Å²) in [6.07, 6.45) is 3.83. The van der Waals surface area contributed by atoms with E-state index in [9.17, 15) is 23.2 Å². The molecular formula is C30H31F4N3O4. The number of carbonyl (C=O) groups excluding carboxylic acids is 2. The Morgan fingerprint density at radius 3 is 2.27 bits per heavy atom. The standard InChI is InChI=1S/C30H31F4N3O4/c1-15(2)26(30(40)41-18-5-3-4-6-18)36-10-9-16-11-23(33)25(24(34)12-16)20-14-21(28(35)37-29(20)39)27(38)19-8-7-17(31)13-22(19)32/h7-8,11-15,18,26,36H,3-6,9-10H2,1-2H3,(H3,35,37,39)/t26-/m0/s1. The van der Waals surface area contributed by atoms with E-state index in [1.54, 1.807) is 0 Å². The molecule has 1 fully saturated rings. The Hall–Kier alpha value is -3.99. The van der Waals surface area contributed by atoms with E-state index in [1.807, 2.05) is 13.8 Å². The third kappa shape index (κ3) is 6.84. The number of aromatic amines is 1. The van der Waals surface area contributed by atoms with E-state index in [0.29, 0.717) is 6.07 Å². The highest BCUT2D eigenvalue weighted by molar-refractivity contribution is 6.12. The Morgan fingerprint density at radius 1 is 1.00 bits per heavy atom. The van der Waals surface area contributed by atoms with Crippen molar-refractivity contribution in [2.45, 2.75) is 58.1 Å². The molecule has 1 aliphatic rings. The largest absolute Gasteiger partial charge is 0.461 e. The van der Waals surface area contributed by atoms with Crippen molar-refractivity contribution in [3.8, 4) is 11.1 Å². The van der Waals surface area contributed by atoms with Gasteiger partial charge in [-0.2, -0.15) is 0 Å². The van der Waals surface area contributed by atoms with E-state index in [4.69, 9.17) is 10.5 Å². The van der Waals surface area contributed by atoms with Crippen LogP contribution in [0.2, 0.25) is 0 Å². The highest BCUT2D eigenvalue weighted by atomic mass is 19.1. The molecule has 1 aliphatic carbocycles. The third-order valence-electron chi connectivity index (χ3n) is 7.15. The average molecular weight is 574 g/mol. The van der Waals surface area contributed by atoms with Crippen LogP contribution in [-0.2, 0) is 16.0 Å². The van der Waals surface area contributed by atoms with Gasteiger partial charge in [0.25, 0.3) is 5.56 Å². The molecule has 0 aliphatic heterocycles. The summed E-state index contributed by atoms with van der Waals surface area (Å²) < 4.78 is 63.5. The van der Waals surface area contributed by atoms with E-state index < -0.39 is 68.7 Å². The molecule has 1 atom stereocenters. The minimum absolute atomic E-state index is 0.0720. The summed E-state index contributed by atoms with van der Waals surface area (Å²) in [6, 6.07) is 4.68. The van der Waals surface area contributed by atoms with Crippen LogP contribution in [0.4, 0.5) is 23.4 Å². The van der Waals surface area contributed by atoms with Crippen LogP contribution in [0.1, 0.15) is 61.0 Å². The number of hydrogen-bond donors (Lipinski definition) is 3. The average Bonchev–Trinajstić information content (AvgIpc) is 3.39. The number of esters is 1. The van der Waals surface area contributed by atoms with Crippen LogP contribution in [0.15, 0.2) is 41.2 Å². The van der Waals surface area contributed by atoms with Crippen LogP contribution in [0.25, 0.3) is 11.1 Å². The second-order valence-corrected chi connectivity index (χ2v) is 10.5. The molecule has 1 heterocycles. The fraction of sp³-hybridized carbons (Fsp3) is 0.367. The Kier molecular flexibility index (Phi) is 9.27. The lowest BCUT2D eigenvalue weighted by molar-refractivity contribution is -0.152. The fourth-order valence-electron chi connectivity index (χ4n) is 4.97. The van der Waals surface area contributed by atoms with Crippen molar-refractivity contribution in [1.29, 1.82) is 0 Å². The molecule has 0 bridgehead atoms. The van der Waals surface area contributed by atoms with Gasteiger partial charge in [-0.25, -0.2) is 17.6 Å². The maximum atomic E-state index is 15.2. The molecule has 0 radical (unpaired) electrons. The van der Waals surface area contributed by atoms with Crippen molar-refractivity contribution in [3.63, 3.8) is 0 Å². The first-order valence-electron chi connectivity index (χ1n) is 13.4. The molecule has 0 unspecified atom stereocenters. The van der Waals surface area contributed by atoms with Crippen molar-refractivity contribution in [1.82, 2.24) is 10.3 Å². The number of nitrogens with one attached hydrogen (secondary N) is 2. The minimum Gasteiger partial charge on any atom is -0.461 e. The lowest BCUT2D eigenvalue weighted by Crippen LogP contribution is -2.44. The number of H-pyrrole nitrogens is 1. The summed E-state index contributed by atoms with van der Waals surface area (Å²) in [7, 11) is 0. The molecule has 0 saturated heterocycles. The summed E-state index contributed by atoms with van der Waals surface area (Å²) >= 11 is 0.